The van der Waals surface area contributed by atoms with Gasteiger partial charge in [0.1, 0.15) is 5.75 Å². The van der Waals surface area contributed by atoms with Gasteiger partial charge in [-0.05, 0) is 24.6 Å². The molecule has 1 rings (SSSR count). The van der Waals surface area contributed by atoms with E-state index in [2.05, 4.69) is 15.0 Å². The van der Waals surface area contributed by atoms with Crippen molar-refractivity contribution in [3.63, 3.8) is 0 Å². The van der Waals surface area contributed by atoms with E-state index in [0.29, 0.717) is 25.6 Å². The normalized spacial score (nSPS) is 12.1. The van der Waals surface area contributed by atoms with E-state index in [0.717, 1.165) is 11.3 Å². The SMILES string of the molecule is CCS(=O)(=O)NCCNC(=NC)N(C)Cc1ccc(OC)cc1. The highest BCUT2D eigenvalue weighted by Crippen LogP contribution is 2.12. The van der Waals surface area contributed by atoms with Gasteiger partial charge in [0, 0.05) is 33.7 Å². The van der Waals surface area contributed by atoms with Crippen LogP contribution < -0.4 is 14.8 Å². The third-order valence-corrected chi connectivity index (χ3v) is 4.67. The summed E-state index contributed by atoms with van der Waals surface area (Å²) in [6.45, 7) is 3.09. The van der Waals surface area contributed by atoms with Crippen molar-refractivity contribution in [1.29, 1.82) is 0 Å². The molecular weight excluding hydrogens is 316 g/mol. The smallest absolute Gasteiger partial charge is 0.211 e. The maximum atomic E-state index is 11.4. The highest BCUT2D eigenvalue weighted by molar-refractivity contribution is 7.89. The first-order valence-electron chi connectivity index (χ1n) is 7.44. The Bertz CT molecular complexity index is 600. The molecule has 0 atom stereocenters. The minimum Gasteiger partial charge on any atom is -0.497 e. The van der Waals surface area contributed by atoms with Gasteiger partial charge in [0.25, 0.3) is 0 Å². The average Bonchev–Trinajstić information content (AvgIpc) is 2.55. The van der Waals surface area contributed by atoms with Crippen LogP contribution in [0.5, 0.6) is 5.75 Å². The topological polar surface area (TPSA) is 83.0 Å². The summed E-state index contributed by atoms with van der Waals surface area (Å²) < 4.78 is 30.4. The number of guanidine groups is 1. The number of benzene rings is 1. The van der Waals surface area contributed by atoms with Gasteiger partial charge in [-0.2, -0.15) is 0 Å². The lowest BCUT2D eigenvalue weighted by molar-refractivity contribution is 0.414. The van der Waals surface area contributed by atoms with Gasteiger partial charge in [0.15, 0.2) is 5.96 Å². The first-order valence-corrected chi connectivity index (χ1v) is 9.09. The predicted molar refractivity (Wildman–Crippen MR) is 93.3 cm³/mol. The maximum absolute atomic E-state index is 11.4. The van der Waals surface area contributed by atoms with Crippen molar-refractivity contribution in [2.45, 2.75) is 13.5 Å². The highest BCUT2D eigenvalue weighted by atomic mass is 32.2. The van der Waals surface area contributed by atoms with Crippen LogP contribution in [0.1, 0.15) is 12.5 Å². The van der Waals surface area contributed by atoms with Crippen molar-refractivity contribution < 1.29 is 13.2 Å². The molecule has 0 fully saturated rings. The number of rotatable bonds is 8. The minimum absolute atomic E-state index is 0.0824. The number of nitrogens with one attached hydrogen (secondary N) is 2. The second-order valence-electron chi connectivity index (χ2n) is 4.98. The molecule has 2 N–H and O–H groups in total. The van der Waals surface area contributed by atoms with E-state index in [1.807, 2.05) is 36.2 Å². The van der Waals surface area contributed by atoms with E-state index in [9.17, 15) is 8.42 Å². The van der Waals surface area contributed by atoms with Gasteiger partial charge in [0.2, 0.25) is 10.0 Å². The number of hydrogen-bond acceptors (Lipinski definition) is 4. The zero-order chi connectivity index (χ0) is 17.3. The molecule has 0 bridgehead atoms. The fourth-order valence-electron chi connectivity index (χ4n) is 1.95. The molecule has 0 aliphatic rings. The van der Waals surface area contributed by atoms with Gasteiger partial charge in [-0.3, -0.25) is 4.99 Å². The van der Waals surface area contributed by atoms with Gasteiger partial charge in [0.05, 0.1) is 12.9 Å². The molecule has 1 aromatic carbocycles. The van der Waals surface area contributed by atoms with Crippen LogP contribution in [-0.4, -0.2) is 59.3 Å². The Balaban J connectivity index is 2.47. The van der Waals surface area contributed by atoms with E-state index in [1.165, 1.54) is 0 Å². The molecular formula is C15H26N4O3S. The van der Waals surface area contributed by atoms with E-state index >= 15 is 0 Å². The molecule has 0 saturated heterocycles. The molecule has 0 amide bonds. The molecule has 23 heavy (non-hydrogen) atoms. The Kier molecular flexibility index (Phi) is 7.84. The van der Waals surface area contributed by atoms with Gasteiger partial charge in [-0.15, -0.1) is 0 Å². The summed E-state index contributed by atoms with van der Waals surface area (Å²) in [4.78, 5) is 6.17. The fraction of sp³-hybridized carbons (Fsp3) is 0.533. The van der Waals surface area contributed by atoms with Crippen molar-refractivity contribution in [3.05, 3.63) is 29.8 Å². The summed E-state index contributed by atoms with van der Waals surface area (Å²) in [5, 5.41) is 3.13. The van der Waals surface area contributed by atoms with Crippen molar-refractivity contribution in [3.8, 4) is 5.75 Å². The number of sulfonamides is 1. The molecule has 0 spiro atoms. The van der Waals surface area contributed by atoms with E-state index in [-0.39, 0.29) is 5.75 Å². The lowest BCUT2D eigenvalue weighted by Gasteiger charge is -2.22. The zero-order valence-corrected chi connectivity index (χ0v) is 15.0. The summed E-state index contributed by atoms with van der Waals surface area (Å²) in [5.74, 6) is 1.61. The Morgan fingerprint density at radius 3 is 2.43 bits per heavy atom. The molecule has 0 aliphatic heterocycles. The molecule has 1 aromatic rings. The third-order valence-electron chi connectivity index (χ3n) is 3.26. The first-order chi connectivity index (χ1) is 10.9. The van der Waals surface area contributed by atoms with Crippen LogP contribution in [0.3, 0.4) is 0 Å². The average molecular weight is 342 g/mol. The largest absolute Gasteiger partial charge is 0.497 e. The monoisotopic (exact) mass is 342 g/mol. The fourth-order valence-corrected chi connectivity index (χ4v) is 2.56. The van der Waals surface area contributed by atoms with Crippen molar-refractivity contribution >= 4 is 16.0 Å². The molecule has 7 nitrogen and oxygen atoms in total. The Hall–Kier alpha value is -1.80. The molecule has 0 aromatic heterocycles. The summed E-state index contributed by atoms with van der Waals surface area (Å²) in [6.07, 6.45) is 0. The number of aliphatic imine (C=N–C) groups is 1. The van der Waals surface area contributed by atoms with E-state index < -0.39 is 10.0 Å². The van der Waals surface area contributed by atoms with Gasteiger partial charge in [-0.25, -0.2) is 13.1 Å². The van der Waals surface area contributed by atoms with Gasteiger partial charge < -0.3 is 15.0 Å². The molecule has 0 radical (unpaired) electrons. The Labute approximate surface area is 138 Å². The molecule has 0 heterocycles. The predicted octanol–water partition coefficient (Wildman–Crippen LogP) is 0.642. The van der Waals surface area contributed by atoms with Crippen LogP contribution in [0.4, 0.5) is 0 Å². The molecule has 0 unspecified atom stereocenters. The number of hydrogen-bond donors (Lipinski definition) is 2. The van der Waals surface area contributed by atoms with Gasteiger partial charge >= 0.3 is 0 Å². The quantitative estimate of drug-likeness (QED) is 0.412. The standard InChI is InChI=1S/C15H26N4O3S/c1-5-23(20,21)18-11-10-17-15(16-2)19(3)12-13-6-8-14(22-4)9-7-13/h6-9,18H,5,10-12H2,1-4H3,(H,16,17). The summed E-state index contributed by atoms with van der Waals surface area (Å²) >= 11 is 0. The number of ether oxygens (including phenoxy) is 1. The minimum atomic E-state index is -3.15. The number of nitrogens with zero attached hydrogens (tertiary/aromatic N) is 2. The second-order valence-corrected chi connectivity index (χ2v) is 7.07. The van der Waals surface area contributed by atoms with Crippen LogP contribution in [-0.2, 0) is 16.6 Å². The Morgan fingerprint density at radius 1 is 1.26 bits per heavy atom. The van der Waals surface area contributed by atoms with Crippen LogP contribution in [0.25, 0.3) is 0 Å². The molecule has 130 valence electrons. The molecule has 8 heteroatoms. The number of methoxy groups -OCH3 is 1. The van der Waals surface area contributed by atoms with Crippen LogP contribution in [0.2, 0.25) is 0 Å². The van der Waals surface area contributed by atoms with Crippen LogP contribution in [0.15, 0.2) is 29.3 Å². The van der Waals surface area contributed by atoms with Gasteiger partial charge in [-0.1, -0.05) is 12.1 Å². The van der Waals surface area contributed by atoms with Crippen molar-refractivity contribution in [1.82, 2.24) is 14.9 Å². The van der Waals surface area contributed by atoms with E-state index in [4.69, 9.17) is 4.74 Å². The van der Waals surface area contributed by atoms with Crippen molar-refractivity contribution in [2.75, 3.05) is 40.0 Å². The summed E-state index contributed by atoms with van der Waals surface area (Å²) in [6, 6.07) is 7.83. The zero-order valence-electron chi connectivity index (χ0n) is 14.2. The highest BCUT2D eigenvalue weighted by Gasteiger charge is 2.08. The first kappa shape index (κ1) is 19.2. The Morgan fingerprint density at radius 2 is 1.91 bits per heavy atom. The van der Waals surface area contributed by atoms with Crippen molar-refractivity contribution in [2.24, 2.45) is 4.99 Å². The second kappa shape index (κ2) is 9.36. The summed E-state index contributed by atoms with van der Waals surface area (Å²) in [5.41, 5.74) is 1.13. The summed E-state index contributed by atoms with van der Waals surface area (Å²) in [7, 11) is 2.11. The maximum Gasteiger partial charge on any atom is 0.211 e. The molecule has 0 saturated carbocycles. The lowest BCUT2D eigenvalue weighted by atomic mass is 10.2. The lowest BCUT2D eigenvalue weighted by Crippen LogP contribution is -2.42. The third kappa shape index (κ3) is 6.87. The van der Waals surface area contributed by atoms with E-state index in [1.54, 1.807) is 21.1 Å². The van der Waals surface area contributed by atoms with Crippen LogP contribution >= 0.6 is 0 Å². The van der Waals surface area contributed by atoms with Crippen LogP contribution in [0, 0.1) is 0 Å². The molecule has 0 aliphatic carbocycles.